The SMILES string of the molecule is CC(=O)c1cccc(NC(=O)C(C)OC(=O)CNC(=O)NCc2ccccc2)c1. The Bertz CT molecular complexity index is 883. The fourth-order valence-corrected chi connectivity index (χ4v) is 2.35. The van der Waals surface area contributed by atoms with Gasteiger partial charge in [0.2, 0.25) is 0 Å². The number of esters is 1. The summed E-state index contributed by atoms with van der Waals surface area (Å²) < 4.78 is 5.01. The number of ether oxygens (including phenoxy) is 1. The summed E-state index contributed by atoms with van der Waals surface area (Å²) in [6, 6.07) is 15.2. The molecule has 0 fully saturated rings. The number of ketones is 1. The number of carbonyl (C=O) groups is 4. The fourth-order valence-electron chi connectivity index (χ4n) is 2.35. The second-order valence-corrected chi connectivity index (χ2v) is 6.28. The molecule has 0 aliphatic heterocycles. The van der Waals surface area contributed by atoms with Crippen molar-refractivity contribution in [1.29, 1.82) is 0 Å². The van der Waals surface area contributed by atoms with Gasteiger partial charge < -0.3 is 20.7 Å². The number of urea groups is 1. The Kier molecular flexibility index (Phi) is 7.90. The van der Waals surface area contributed by atoms with Crippen LogP contribution in [0.3, 0.4) is 0 Å². The molecule has 8 heteroatoms. The van der Waals surface area contributed by atoms with Crippen LogP contribution in [0.4, 0.5) is 10.5 Å². The number of benzene rings is 2. The molecule has 0 aliphatic rings. The van der Waals surface area contributed by atoms with Gasteiger partial charge in [-0.15, -0.1) is 0 Å². The smallest absolute Gasteiger partial charge is 0.326 e. The van der Waals surface area contributed by atoms with Gasteiger partial charge in [-0.2, -0.15) is 0 Å². The van der Waals surface area contributed by atoms with Gasteiger partial charge in [-0.25, -0.2) is 4.79 Å². The molecule has 2 rings (SSSR count). The van der Waals surface area contributed by atoms with E-state index in [2.05, 4.69) is 16.0 Å². The van der Waals surface area contributed by atoms with Gasteiger partial charge >= 0.3 is 12.0 Å². The summed E-state index contributed by atoms with van der Waals surface area (Å²) in [5, 5.41) is 7.56. The van der Waals surface area contributed by atoms with Crippen LogP contribution >= 0.6 is 0 Å². The molecule has 2 aromatic rings. The maximum absolute atomic E-state index is 12.2. The minimum Gasteiger partial charge on any atom is -0.451 e. The summed E-state index contributed by atoms with van der Waals surface area (Å²) in [7, 11) is 0. The van der Waals surface area contributed by atoms with Gasteiger partial charge in [0.15, 0.2) is 11.9 Å². The molecule has 0 spiro atoms. The molecule has 0 aromatic heterocycles. The highest BCUT2D eigenvalue weighted by molar-refractivity contribution is 5.98. The molecule has 2 aromatic carbocycles. The Morgan fingerprint density at radius 1 is 0.966 bits per heavy atom. The second kappa shape index (κ2) is 10.6. The van der Waals surface area contributed by atoms with Crippen molar-refractivity contribution in [2.24, 2.45) is 0 Å². The molecular weight excluding hydrogens is 374 g/mol. The lowest BCUT2D eigenvalue weighted by atomic mass is 10.1. The van der Waals surface area contributed by atoms with Crippen LogP contribution in [0.5, 0.6) is 0 Å². The van der Waals surface area contributed by atoms with Gasteiger partial charge in [-0.1, -0.05) is 42.5 Å². The molecule has 0 radical (unpaired) electrons. The first-order chi connectivity index (χ1) is 13.8. The van der Waals surface area contributed by atoms with Crippen LogP contribution in [0, 0.1) is 0 Å². The molecule has 3 amide bonds. The van der Waals surface area contributed by atoms with E-state index >= 15 is 0 Å². The highest BCUT2D eigenvalue weighted by Gasteiger charge is 2.18. The van der Waals surface area contributed by atoms with Crippen molar-refractivity contribution in [2.75, 3.05) is 11.9 Å². The standard InChI is InChI=1S/C21H23N3O5/c1-14(25)17-9-6-10-18(11-17)24-20(27)15(2)29-19(26)13-23-21(28)22-12-16-7-4-3-5-8-16/h3-11,15H,12-13H2,1-2H3,(H,24,27)(H2,22,23,28). The third-order valence-electron chi connectivity index (χ3n) is 3.90. The van der Waals surface area contributed by atoms with Crippen molar-refractivity contribution in [3.63, 3.8) is 0 Å². The number of carbonyl (C=O) groups excluding carboxylic acids is 4. The minimum atomic E-state index is -1.07. The number of amides is 3. The molecule has 0 saturated heterocycles. The molecule has 0 aliphatic carbocycles. The van der Waals surface area contributed by atoms with Gasteiger partial charge in [0.25, 0.3) is 5.91 Å². The molecule has 1 unspecified atom stereocenters. The Balaban J connectivity index is 1.73. The van der Waals surface area contributed by atoms with Crippen molar-refractivity contribution in [3.8, 4) is 0 Å². The zero-order valence-electron chi connectivity index (χ0n) is 16.2. The van der Waals surface area contributed by atoms with Gasteiger partial charge in [0, 0.05) is 17.8 Å². The summed E-state index contributed by atoms with van der Waals surface area (Å²) in [4.78, 5) is 47.1. The second-order valence-electron chi connectivity index (χ2n) is 6.28. The Labute approximate surface area is 168 Å². The summed E-state index contributed by atoms with van der Waals surface area (Å²) in [5.41, 5.74) is 1.80. The van der Waals surface area contributed by atoms with E-state index in [1.54, 1.807) is 18.2 Å². The zero-order valence-corrected chi connectivity index (χ0v) is 16.2. The van der Waals surface area contributed by atoms with E-state index in [-0.39, 0.29) is 12.3 Å². The van der Waals surface area contributed by atoms with Crippen molar-refractivity contribution < 1.29 is 23.9 Å². The topological polar surface area (TPSA) is 114 Å². The average molecular weight is 397 g/mol. The molecule has 152 valence electrons. The number of rotatable bonds is 8. The van der Waals surface area contributed by atoms with E-state index in [1.165, 1.54) is 19.9 Å². The molecule has 0 heterocycles. The maximum Gasteiger partial charge on any atom is 0.326 e. The predicted molar refractivity (Wildman–Crippen MR) is 107 cm³/mol. The molecule has 0 saturated carbocycles. The largest absolute Gasteiger partial charge is 0.451 e. The summed E-state index contributed by atoms with van der Waals surface area (Å²) in [6.07, 6.45) is -1.07. The zero-order chi connectivity index (χ0) is 21.2. The molecule has 29 heavy (non-hydrogen) atoms. The average Bonchev–Trinajstić information content (AvgIpc) is 2.71. The number of nitrogens with one attached hydrogen (secondary N) is 3. The number of hydrogen-bond donors (Lipinski definition) is 3. The van der Waals surface area contributed by atoms with Crippen molar-refractivity contribution >= 4 is 29.4 Å². The van der Waals surface area contributed by atoms with Crippen molar-refractivity contribution in [2.45, 2.75) is 26.5 Å². The van der Waals surface area contributed by atoms with Gasteiger partial charge in [0.1, 0.15) is 6.54 Å². The lowest BCUT2D eigenvalue weighted by Gasteiger charge is -2.14. The van der Waals surface area contributed by atoms with Crippen molar-refractivity contribution in [3.05, 3.63) is 65.7 Å². The molecular formula is C21H23N3O5. The molecule has 8 nitrogen and oxygen atoms in total. The monoisotopic (exact) mass is 397 g/mol. The third kappa shape index (κ3) is 7.45. The van der Waals surface area contributed by atoms with Crippen LogP contribution in [-0.2, 0) is 20.9 Å². The van der Waals surface area contributed by atoms with Crippen LogP contribution < -0.4 is 16.0 Å². The van der Waals surface area contributed by atoms with E-state index in [4.69, 9.17) is 4.74 Å². The van der Waals surface area contributed by atoms with E-state index in [9.17, 15) is 19.2 Å². The lowest BCUT2D eigenvalue weighted by Crippen LogP contribution is -2.40. The van der Waals surface area contributed by atoms with Crippen LogP contribution in [0.2, 0.25) is 0 Å². The van der Waals surface area contributed by atoms with E-state index < -0.39 is 24.0 Å². The predicted octanol–water partition coefficient (Wildman–Crippen LogP) is 2.26. The van der Waals surface area contributed by atoms with Gasteiger partial charge in [-0.05, 0) is 31.5 Å². The van der Waals surface area contributed by atoms with Crippen molar-refractivity contribution in [1.82, 2.24) is 10.6 Å². The number of anilines is 1. The van der Waals surface area contributed by atoms with Crippen LogP contribution in [0.1, 0.15) is 29.8 Å². The minimum absolute atomic E-state index is 0.128. The molecule has 3 N–H and O–H groups in total. The molecule has 0 bridgehead atoms. The first-order valence-corrected chi connectivity index (χ1v) is 9.02. The molecule has 1 atom stereocenters. The summed E-state index contributed by atoms with van der Waals surface area (Å²) >= 11 is 0. The number of hydrogen-bond acceptors (Lipinski definition) is 5. The normalized spacial score (nSPS) is 11.1. The first-order valence-electron chi connectivity index (χ1n) is 9.02. The van der Waals surface area contributed by atoms with Crippen LogP contribution in [-0.4, -0.2) is 36.3 Å². The highest BCUT2D eigenvalue weighted by atomic mass is 16.5. The van der Waals surface area contributed by atoms with Gasteiger partial charge in [0.05, 0.1) is 0 Å². The Morgan fingerprint density at radius 2 is 1.69 bits per heavy atom. The summed E-state index contributed by atoms with van der Waals surface area (Å²) in [6.45, 7) is 2.78. The first kappa shape index (κ1) is 21.6. The third-order valence-corrected chi connectivity index (χ3v) is 3.90. The van der Waals surface area contributed by atoms with Gasteiger partial charge in [-0.3, -0.25) is 14.4 Å². The Hall–Kier alpha value is -3.68. The fraction of sp³-hybridized carbons (Fsp3) is 0.238. The van der Waals surface area contributed by atoms with E-state index in [0.29, 0.717) is 17.8 Å². The maximum atomic E-state index is 12.2. The van der Waals surface area contributed by atoms with Crippen LogP contribution in [0.25, 0.3) is 0 Å². The lowest BCUT2D eigenvalue weighted by molar-refractivity contribution is -0.152. The van der Waals surface area contributed by atoms with Crippen LogP contribution in [0.15, 0.2) is 54.6 Å². The Morgan fingerprint density at radius 3 is 2.38 bits per heavy atom. The quantitative estimate of drug-likeness (QED) is 0.467. The van der Waals surface area contributed by atoms with E-state index in [0.717, 1.165) is 5.56 Å². The number of Topliss-reactive ketones (excluding diaryl/α,β-unsaturated/α-hetero) is 1. The highest BCUT2D eigenvalue weighted by Crippen LogP contribution is 2.12. The van der Waals surface area contributed by atoms with E-state index in [1.807, 2.05) is 30.3 Å². The summed E-state index contributed by atoms with van der Waals surface area (Å²) in [5.74, 6) is -1.43.